The fourth-order valence-electron chi connectivity index (χ4n) is 3.91. The summed E-state index contributed by atoms with van der Waals surface area (Å²) in [5.41, 5.74) is 4.13. The summed E-state index contributed by atoms with van der Waals surface area (Å²) in [4.78, 5) is 17.1. The van der Waals surface area contributed by atoms with E-state index in [0.717, 1.165) is 28.6 Å². The maximum Gasteiger partial charge on any atom is 0.261 e. The number of methoxy groups -OCH3 is 1. The first-order valence-corrected chi connectivity index (χ1v) is 14.5. The average Bonchev–Trinajstić information content (AvgIpc) is 3.36. The highest BCUT2D eigenvalue weighted by molar-refractivity contribution is 7.99. The van der Waals surface area contributed by atoms with Crippen molar-refractivity contribution in [2.75, 3.05) is 22.9 Å². The van der Waals surface area contributed by atoms with E-state index in [9.17, 15) is 13.2 Å². The molecule has 0 spiro atoms. The number of carbonyl (C=O) groups is 1. The second-order valence-electron chi connectivity index (χ2n) is 8.60. The van der Waals surface area contributed by atoms with Crippen molar-refractivity contribution in [1.82, 2.24) is 4.98 Å². The van der Waals surface area contributed by atoms with Crippen LogP contribution in [0.3, 0.4) is 0 Å². The van der Waals surface area contributed by atoms with Gasteiger partial charge in [-0.2, -0.15) is 0 Å². The highest BCUT2D eigenvalue weighted by atomic mass is 32.2. The Balaban J connectivity index is 1.23. The number of anilines is 2. The standard InChI is InChI=1S/C29H25N3O5S2/c1-36-23-13-11-22(12-14-23)32-39(34,35)24-15-16-27-26(18-24)31-29(37-27)38-19-28(33)30-25-10-6-5-9-21(25)17-20-7-3-2-4-8-20/h2-16,18,32H,17,19H2,1H3,(H,30,33). The molecule has 0 aliphatic heterocycles. The van der Waals surface area contributed by atoms with Crippen LogP contribution in [0.5, 0.6) is 5.75 Å². The minimum absolute atomic E-state index is 0.0448. The number of fused-ring (bicyclic) bond motifs is 1. The van der Waals surface area contributed by atoms with E-state index in [1.165, 1.54) is 19.2 Å². The maximum atomic E-state index is 12.9. The van der Waals surface area contributed by atoms with Crippen molar-refractivity contribution in [3.05, 3.63) is 108 Å². The highest BCUT2D eigenvalue weighted by Crippen LogP contribution is 2.27. The van der Waals surface area contributed by atoms with Crippen molar-refractivity contribution in [3.8, 4) is 5.75 Å². The maximum absolute atomic E-state index is 12.9. The summed E-state index contributed by atoms with van der Waals surface area (Å²) in [5, 5.41) is 3.24. The summed E-state index contributed by atoms with van der Waals surface area (Å²) >= 11 is 1.14. The van der Waals surface area contributed by atoms with Gasteiger partial charge >= 0.3 is 0 Å². The van der Waals surface area contributed by atoms with Crippen molar-refractivity contribution in [2.45, 2.75) is 16.5 Å². The Morgan fingerprint density at radius 1 is 0.949 bits per heavy atom. The lowest BCUT2D eigenvalue weighted by Crippen LogP contribution is -2.15. The van der Waals surface area contributed by atoms with Crippen LogP contribution in [0.25, 0.3) is 11.1 Å². The molecule has 0 unspecified atom stereocenters. The van der Waals surface area contributed by atoms with Gasteiger partial charge in [-0.1, -0.05) is 60.3 Å². The molecule has 0 aliphatic rings. The number of amides is 1. The molecule has 5 rings (SSSR count). The van der Waals surface area contributed by atoms with Crippen molar-refractivity contribution in [2.24, 2.45) is 0 Å². The lowest BCUT2D eigenvalue weighted by Gasteiger charge is -2.11. The lowest BCUT2D eigenvalue weighted by molar-refractivity contribution is -0.113. The van der Waals surface area contributed by atoms with Crippen molar-refractivity contribution in [1.29, 1.82) is 0 Å². The van der Waals surface area contributed by atoms with Crippen LogP contribution in [0, 0.1) is 0 Å². The number of carbonyl (C=O) groups excluding carboxylic acids is 1. The number of ether oxygens (including phenoxy) is 1. The Morgan fingerprint density at radius 2 is 1.69 bits per heavy atom. The predicted octanol–water partition coefficient (Wildman–Crippen LogP) is 5.96. The Morgan fingerprint density at radius 3 is 2.46 bits per heavy atom. The molecule has 0 aliphatic carbocycles. The van der Waals surface area contributed by atoms with Gasteiger partial charge in [-0.15, -0.1) is 0 Å². The van der Waals surface area contributed by atoms with Crippen LogP contribution in [0.4, 0.5) is 11.4 Å². The summed E-state index contributed by atoms with van der Waals surface area (Å²) in [6, 6.07) is 28.8. The Labute approximate surface area is 230 Å². The SMILES string of the molecule is COc1ccc(NS(=O)(=O)c2ccc3oc(SCC(=O)Nc4ccccc4Cc4ccccc4)nc3c2)cc1. The number of nitrogens with zero attached hydrogens (tertiary/aromatic N) is 1. The van der Waals surface area contributed by atoms with Crippen LogP contribution < -0.4 is 14.8 Å². The molecule has 0 saturated heterocycles. The van der Waals surface area contributed by atoms with Crippen LogP contribution >= 0.6 is 11.8 Å². The third-order valence-electron chi connectivity index (χ3n) is 5.85. The highest BCUT2D eigenvalue weighted by Gasteiger charge is 2.18. The smallest absolute Gasteiger partial charge is 0.261 e. The zero-order chi connectivity index (χ0) is 27.2. The number of oxazole rings is 1. The number of benzene rings is 4. The monoisotopic (exact) mass is 559 g/mol. The molecule has 0 bridgehead atoms. The molecule has 4 aromatic carbocycles. The van der Waals surface area contributed by atoms with E-state index in [2.05, 4.69) is 15.0 Å². The third kappa shape index (κ3) is 6.60. The van der Waals surface area contributed by atoms with E-state index < -0.39 is 10.0 Å². The fourth-order valence-corrected chi connectivity index (χ4v) is 5.63. The average molecular weight is 560 g/mol. The van der Waals surface area contributed by atoms with Gasteiger partial charge in [-0.05, 0) is 66.1 Å². The van der Waals surface area contributed by atoms with Gasteiger partial charge in [-0.25, -0.2) is 13.4 Å². The van der Waals surface area contributed by atoms with Gasteiger partial charge in [0.25, 0.3) is 15.2 Å². The van der Waals surface area contributed by atoms with Crippen LogP contribution in [0.1, 0.15) is 11.1 Å². The van der Waals surface area contributed by atoms with Crippen LogP contribution in [-0.2, 0) is 21.2 Å². The first kappa shape index (κ1) is 26.3. The quantitative estimate of drug-likeness (QED) is 0.203. The number of hydrogen-bond acceptors (Lipinski definition) is 7. The van der Waals surface area contributed by atoms with Gasteiger partial charge in [0, 0.05) is 11.4 Å². The lowest BCUT2D eigenvalue weighted by atomic mass is 10.0. The summed E-state index contributed by atoms with van der Waals surface area (Å²) in [5.74, 6) is 0.503. The number of aromatic nitrogens is 1. The minimum Gasteiger partial charge on any atom is -0.497 e. The third-order valence-corrected chi connectivity index (χ3v) is 8.05. The fraction of sp³-hybridized carbons (Fsp3) is 0.103. The molecule has 0 fully saturated rings. The molecule has 198 valence electrons. The van der Waals surface area contributed by atoms with E-state index in [4.69, 9.17) is 9.15 Å². The second-order valence-corrected chi connectivity index (χ2v) is 11.2. The molecule has 1 heterocycles. The molecule has 8 nitrogen and oxygen atoms in total. The molecule has 2 N–H and O–H groups in total. The zero-order valence-electron chi connectivity index (χ0n) is 21.0. The molecule has 0 atom stereocenters. The van der Waals surface area contributed by atoms with Gasteiger partial charge in [-0.3, -0.25) is 9.52 Å². The molecule has 0 radical (unpaired) electrons. The Kier molecular flexibility index (Phi) is 7.85. The van der Waals surface area contributed by atoms with Crippen LogP contribution in [-0.4, -0.2) is 32.2 Å². The first-order valence-electron chi connectivity index (χ1n) is 12.0. The second kappa shape index (κ2) is 11.6. The summed E-state index contributed by atoms with van der Waals surface area (Å²) in [7, 11) is -2.31. The summed E-state index contributed by atoms with van der Waals surface area (Å²) in [6.45, 7) is 0. The van der Waals surface area contributed by atoms with Gasteiger partial charge in [0.2, 0.25) is 5.91 Å². The predicted molar refractivity (Wildman–Crippen MR) is 153 cm³/mol. The van der Waals surface area contributed by atoms with E-state index >= 15 is 0 Å². The number of nitrogens with one attached hydrogen (secondary N) is 2. The molecule has 1 aromatic heterocycles. The molecule has 5 aromatic rings. The van der Waals surface area contributed by atoms with E-state index in [-0.39, 0.29) is 21.8 Å². The van der Waals surface area contributed by atoms with Gasteiger partial charge in [0.05, 0.1) is 17.8 Å². The first-order chi connectivity index (χ1) is 18.9. The molecule has 10 heteroatoms. The van der Waals surface area contributed by atoms with E-state index in [0.29, 0.717) is 29.0 Å². The Bertz CT molecular complexity index is 1700. The summed E-state index contributed by atoms with van der Waals surface area (Å²) in [6.07, 6.45) is 0.703. The molecule has 39 heavy (non-hydrogen) atoms. The number of sulfonamides is 1. The Hall–Kier alpha value is -4.28. The number of para-hydroxylation sites is 1. The van der Waals surface area contributed by atoms with E-state index in [1.54, 1.807) is 30.3 Å². The van der Waals surface area contributed by atoms with Gasteiger partial charge in [0.15, 0.2) is 5.58 Å². The zero-order valence-corrected chi connectivity index (χ0v) is 22.6. The number of hydrogen-bond donors (Lipinski definition) is 2. The van der Waals surface area contributed by atoms with Crippen molar-refractivity contribution in [3.63, 3.8) is 0 Å². The van der Waals surface area contributed by atoms with Crippen molar-refractivity contribution < 1.29 is 22.4 Å². The topological polar surface area (TPSA) is 111 Å². The molecular formula is C29H25N3O5S2. The minimum atomic E-state index is -3.85. The molecular weight excluding hydrogens is 534 g/mol. The molecule has 1 amide bonds. The van der Waals surface area contributed by atoms with Crippen molar-refractivity contribution >= 4 is 50.2 Å². The van der Waals surface area contributed by atoms with Gasteiger partial charge in [0.1, 0.15) is 11.3 Å². The van der Waals surface area contributed by atoms with E-state index in [1.807, 2.05) is 54.6 Å². The number of thioether (sulfide) groups is 1. The molecule has 0 saturated carbocycles. The largest absolute Gasteiger partial charge is 0.497 e. The number of rotatable bonds is 10. The van der Waals surface area contributed by atoms with Crippen LogP contribution in [0.2, 0.25) is 0 Å². The normalized spacial score (nSPS) is 11.3. The van der Waals surface area contributed by atoms with Gasteiger partial charge < -0.3 is 14.5 Å². The summed E-state index contributed by atoms with van der Waals surface area (Å²) < 4.78 is 39.1. The van der Waals surface area contributed by atoms with Crippen LogP contribution in [0.15, 0.2) is 112 Å².